The monoisotopic (exact) mass is 310 g/mol. The summed E-state index contributed by atoms with van der Waals surface area (Å²) in [5.41, 5.74) is 0.796. The molecule has 0 amide bonds. The fourth-order valence-corrected chi connectivity index (χ4v) is 2.23. The molecule has 1 aromatic carbocycles. The molecule has 21 heavy (non-hydrogen) atoms. The molecule has 7 heteroatoms. The molecule has 1 aromatic heterocycles. The van der Waals surface area contributed by atoms with Crippen LogP contribution in [0.2, 0.25) is 5.02 Å². The lowest BCUT2D eigenvalue weighted by Crippen LogP contribution is -2.10. The van der Waals surface area contributed by atoms with Crippen LogP contribution in [-0.4, -0.2) is 29.0 Å². The highest BCUT2D eigenvalue weighted by molar-refractivity contribution is 6.32. The second kappa shape index (κ2) is 7.17. The number of hydrogen-bond donors (Lipinski definition) is 1. The number of hydrogen-bond acceptors (Lipinski definition) is 5. The van der Waals surface area contributed by atoms with E-state index in [0.29, 0.717) is 23.1 Å². The smallest absolute Gasteiger partial charge is 0.146 e. The van der Waals surface area contributed by atoms with Gasteiger partial charge in [-0.25, -0.2) is 9.67 Å². The summed E-state index contributed by atoms with van der Waals surface area (Å²) < 4.78 is 12.4. The van der Waals surface area contributed by atoms with Crippen LogP contribution in [0.1, 0.15) is 19.2 Å². The van der Waals surface area contributed by atoms with Crippen LogP contribution in [0.5, 0.6) is 11.5 Å². The minimum atomic E-state index is 0.508. The van der Waals surface area contributed by atoms with Crippen molar-refractivity contribution in [2.24, 2.45) is 0 Å². The first kappa shape index (κ1) is 15.4. The number of anilines is 1. The van der Waals surface area contributed by atoms with Crippen molar-refractivity contribution in [1.29, 1.82) is 0 Å². The normalized spacial score (nSPS) is 10.5. The molecule has 0 aliphatic carbocycles. The van der Waals surface area contributed by atoms with Gasteiger partial charge in [0.05, 0.1) is 31.5 Å². The number of methoxy groups -OCH3 is 2. The molecule has 0 atom stereocenters. The van der Waals surface area contributed by atoms with Crippen LogP contribution in [0.3, 0.4) is 0 Å². The summed E-state index contributed by atoms with van der Waals surface area (Å²) in [5.74, 6) is 2.12. The fourth-order valence-electron chi connectivity index (χ4n) is 2.00. The minimum Gasteiger partial charge on any atom is -0.495 e. The Balaban J connectivity index is 2.17. The van der Waals surface area contributed by atoms with Crippen LogP contribution < -0.4 is 14.8 Å². The highest BCUT2D eigenvalue weighted by Gasteiger charge is 2.11. The van der Waals surface area contributed by atoms with Gasteiger partial charge in [0.1, 0.15) is 23.7 Å². The van der Waals surface area contributed by atoms with Gasteiger partial charge in [-0.1, -0.05) is 18.5 Å². The second-order valence-corrected chi connectivity index (χ2v) is 4.85. The van der Waals surface area contributed by atoms with E-state index in [0.717, 1.165) is 24.5 Å². The number of halogens is 1. The first-order chi connectivity index (χ1) is 10.2. The Bertz CT molecular complexity index is 601. The zero-order valence-corrected chi connectivity index (χ0v) is 13.1. The van der Waals surface area contributed by atoms with Crippen molar-refractivity contribution in [3.05, 3.63) is 29.3 Å². The molecule has 0 unspecified atom stereocenters. The lowest BCUT2D eigenvalue weighted by atomic mass is 10.2. The molecule has 1 N–H and O–H groups in total. The fraction of sp³-hybridized carbons (Fsp3) is 0.429. The lowest BCUT2D eigenvalue weighted by molar-refractivity contribution is 0.404. The Morgan fingerprint density at radius 2 is 2.00 bits per heavy atom. The van der Waals surface area contributed by atoms with E-state index in [1.807, 2.05) is 10.7 Å². The maximum absolute atomic E-state index is 6.09. The highest BCUT2D eigenvalue weighted by Crippen LogP contribution is 2.35. The molecule has 0 bridgehead atoms. The van der Waals surface area contributed by atoms with Gasteiger partial charge in [-0.2, -0.15) is 5.10 Å². The topological polar surface area (TPSA) is 61.2 Å². The van der Waals surface area contributed by atoms with E-state index in [2.05, 4.69) is 22.3 Å². The molecule has 0 aliphatic rings. The molecular weight excluding hydrogens is 292 g/mol. The average Bonchev–Trinajstić information content (AvgIpc) is 2.93. The van der Waals surface area contributed by atoms with Crippen molar-refractivity contribution in [2.45, 2.75) is 26.4 Å². The maximum atomic E-state index is 6.09. The minimum absolute atomic E-state index is 0.508. The van der Waals surface area contributed by atoms with E-state index in [9.17, 15) is 0 Å². The van der Waals surface area contributed by atoms with Gasteiger partial charge in [-0.15, -0.1) is 0 Å². The molecule has 0 spiro atoms. The predicted octanol–water partition coefficient (Wildman–Crippen LogP) is 2.97. The molecule has 0 radical (unpaired) electrons. The molecular formula is C14H19ClN4O2. The summed E-state index contributed by atoms with van der Waals surface area (Å²) in [5, 5.41) is 7.99. The van der Waals surface area contributed by atoms with Crippen LogP contribution in [0.25, 0.3) is 0 Å². The maximum Gasteiger partial charge on any atom is 0.146 e. The predicted molar refractivity (Wildman–Crippen MR) is 82.2 cm³/mol. The Morgan fingerprint density at radius 3 is 2.67 bits per heavy atom. The van der Waals surface area contributed by atoms with Gasteiger partial charge < -0.3 is 14.8 Å². The van der Waals surface area contributed by atoms with Crippen LogP contribution in [0, 0.1) is 0 Å². The van der Waals surface area contributed by atoms with E-state index in [1.54, 1.807) is 26.6 Å². The molecule has 1 heterocycles. The SMILES string of the molecule is CCCn1ncnc1CNc1cc(OC)c(Cl)cc1OC. The molecule has 114 valence electrons. The van der Waals surface area contributed by atoms with Crippen molar-refractivity contribution in [1.82, 2.24) is 14.8 Å². The summed E-state index contributed by atoms with van der Waals surface area (Å²) in [6, 6.07) is 3.53. The molecule has 0 aliphatic heterocycles. The Hall–Kier alpha value is -1.95. The summed E-state index contributed by atoms with van der Waals surface area (Å²) in [7, 11) is 3.18. The highest BCUT2D eigenvalue weighted by atomic mass is 35.5. The van der Waals surface area contributed by atoms with Crippen molar-refractivity contribution in [3.63, 3.8) is 0 Å². The van der Waals surface area contributed by atoms with Gasteiger partial charge in [-0.3, -0.25) is 0 Å². The largest absolute Gasteiger partial charge is 0.495 e. The quantitative estimate of drug-likeness (QED) is 0.852. The van der Waals surface area contributed by atoms with Crippen molar-refractivity contribution in [2.75, 3.05) is 19.5 Å². The molecule has 6 nitrogen and oxygen atoms in total. The number of rotatable bonds is 7. The number of nitrogens with zero attached hydrogens (tertiary/aromatic N) is 3. The number of ether oxygens (including phenoxy) is 2. The lowest BCUT2D eigenvalue weighted by Gasteiger charge is -2.14. The van der Waals surface area contributed by atoms with Crippen molar-refractivity contribution >= 4 is 17.3 Å². The third-order valence-electron chi connectivity index (χ3n) is 3.04. The average molecular weight is 311 g/mol. The van der Waals surface area contributed by atoms with E-state index >= 15 is 0 Å². The third kappa shape index (κ3) is 3.58. The zero-order chi connectivity index (χ0) is 15.2. The van der Waals surface area contributed by atoms with E-state index in [-0.39, 0.29) is 0 Å². The first-order valence-electron chi connectivity index (χ1n) is 6.71. The van der Waals surface area contributed by atoms with Crippen LogP contribution >= 0.6 is 11.6 Å². The van der Waals surface area contributed by atoms with Gasteiger partial charge in [0.2, 0.25) is 0 Å². The molecule has 0 saturated heterocycles. The summed E-state index contributed by atoms with van der Waals surface area (Å²) in [4.78, 5) is 4.26. The van der Waals surface area contributed by atoms with Gasteiger partial charge in [-0.05, 0) is 6.42 Å². The standard InChI is InChI=1S/C14H19ClN4O2/c1-4-5-19-14(17-9-18-19)8-16-11-7-12(20-2)10(15)6-13(11)21-3/h6-7,9,16H,4-5,8H2,1-3H3. The Labute approximate surface area is 129 Å². The first-order valence-corrected chi connectivity index (χ1v) is 7.09. The number of benzene rings is 1. The zero-order valence-electron chi connectivity index (χ0n) is 12.4. The van der Waals surface area contributed by atoms with Crippen molar-refractivity contribution < 1.29 is 9.47 Å². The Kier molecular flexibility index (Phi) is 5.27. The summed E-state index contributed by atoms with van der Waals surface area (Å²) >= 11 is 6.09. The third-order valence-corrected chi connectivity index (χ3v) is 3.34. The van der Waals surface area contributed by atoms with Gasteiger partial charge in [0.15, 0.2) is 0 Å². The van der Waals surface area contributed by atoms with E-state index in [4.69, 9.17) is 21.1 Å². The van der Waals surface area contributed by atoms with Crippen LogP contribution in [0.4, 0.5) is 5.69 Å². The van der Waals surface area contributed by atoms with Crippen LogP contribution in [-0.2, 0) is 13.1 Å². The van der Waals surface area contributed by atoms with Crippen LogP contribution in [0.15, 0.2) is 18.5 Å². The molecule has 2 rings (SSSR count). The molecule has 2 aromatic rings. The summed E-state index contributed by atoms with van der Waals surface area (Å²) in [6.07, 6.45) is 2.57. The Morgan fingerprint density at radius 1 is 1.24 bits per heavy atom. The van der Waals surface area contributed by atoms with Gasteiger partial charge >= 0.3 is 0 Å². The number of aromatic nitrogens is 3. The molecule has 0 fully saturated rings. The van der Waals surface area contributed by atoms with E-state index < -0.39 is 0 Å². The number of aryl methyl sites for hydroxylation is 1. The van der Waals surface area contributed by atoms with Gasteiger partial charge in [0, 0.05) is 18.7 Å². The number of nitrogens with one attached hydrogen (secondary N) is 1. The summed E-state index contributed by atoms with van der Waals surface area (Å²) in [6.45, 7) is 3.49. The van der Waals surface area contributed by atoms with Gasteiger partial charge in [0.25, 0.3) is 0 Å². The van der Waals surface area contributed by atoms with Crippen molar-refractivity contribution in [3.8, 4) is 11.5 Å². The molecule has 0 saturated carbocycles. The van der Waals surface area contributed by atoms with E-state index in [1.165, 1.54) is 0 Å². The second-order valence-electron chi connectivity index (χ2n) is 4.44.